The van der Waals surface area contributed by atoms with Gasteiger partial charge in [-0.3, -0.25) is 9.59 Å². The molecule has 37 atom stereocenters. The molecule has 37 unspecified atom stereocenters. The zero-order valence-electron chi connectivity index (χ0n) is 60.3. The number of aliphatic hydroxyl groups is 3. The van der Waals surface area contributed by atoms with Crippen molar-refractivity contribution in [1.82, 2.24) is 0 Å². The topological polar surface area (TPSA) is 261 Å². The largest absolute Gasteiger partial charge is 0.396 e. The van der Waals surface area contributed by atoms with Crippen LogP contribution < -0.4 is 0 Å². The number of methoxy groups -OCH3 is 2. The van der Waals surface area contributed by atoms with E-state index in [4.69, 9.17) is 85.3 Å². The maximum Gasteiger partial charge on any atom is 0.172 e. The van der Waals surface area contributed by atoms with Crippen molar-refractivity contribution in [3.8, 4) is 0 Å². The smallest absolute Gasteiger partial charge is 0.172 e. The molecule has 23 nitrogen and oxygen atoms in total. The van der Waals surface area contributed by atoms with Crippen molar-refractivity contribution in [1.29, 1.82) is 0 Å². The molecule has 24 bridgehead atoms. The van der Waals surface area contributed by atoms with Crippen LogP contribution in [0.5, 0.6) is 0 Å². The maximum atomic E-state index is 14.0. The monoisotopic (exact) mass is 1430 g/mol. The fourth-order valence-corrected chi connectivity index (χ4v) is 22.3. The number of carbonyl (C=O) groups is 2. The molecule has 20 fully saturated rings. The van der Waals surface area contributed by atoms with Crippen molar-refractivity contribution >= 4 is 11.6 Å². The van der Waals surface area contributed by atoms with Crippen molar-refractivity contribution in [3.05, 3.63) is 48.6 Å². The van der Waals surface area contributed by atoms with E-state index in [0.29, 0.717) is 70.1 Å². The molecule has 0 aliphatic carbocycles. The number of rotatable bonds is 7. The zero-order chi connectivity index (χ0) is 70.2. The maximum absolute atomic E-state index is 14.0. The first kappa shape index (κ1) is 72.3. The Kier molecular flexibility index (Phi) is 20.8. The minimum absolute atomic E-state index is 0.00233. The summed E-state index contributed by atoms with van der Waals surface area (Å²) in [5, 5.41) is 29.9. The Labute approximate surface area is 600 Å². The first-order valence-electron chi connectivity index (χ1n) is 39.6. The number of ketones is 2. The fourth-order valence-electron chi connectivity index (χ4n) is 22.3. The number of carbonyl (C=O) groups excluding carboxylic acids is 2. The average molecular weight is 1430 g/mol. The van der Waals surface area contributed by atoms with E-state index >= 15 is 0 Å². The van der Waals surface area contributed by atoms with Crippen LogP contribution in [0.15, 0.2) is 48.6 Å². The standard InChI is InChI=1S/C40H58O12.C39H56O11/c1-19-11-24-5-7-28-20(2)12-26(45-28)9-10-40-17-33-36(51-40)37-38(50-33)39(52-40)35-29(49-37)8-6-25(47-35)13-22(42)14-27-31(16-30(46-24)21(19)3)48-32(34(27)44-4)15-23(43)18-41;1-19-13-23-5-7-27-20(2)14-25(43-27)9-11-39-18-32-35(49-39)36-37(48-32)38(50-39)34-28(47-36)8-6-24(45-34)15-22(41)16-26-31(17-30(44-23)21(19)3)46-29(10-12-40)33(26)42-4/h19,23-39,41,43H,2-3,5-18H2,1,4H3;19,23-38,40H,2-3,5-18H2,1,4H3. The lowest BCUT2D eigenvalue weighted by Crippen LogP contribution is -2.61. The van der Waals surface area contributed by atoms with Crippen molar-refractivity contribution < 1.29 is 110 Å². The lowest BCUT2D eigenvalue weighted by Gasteiger charge is -2.47. The molecule has 2 spiro atoms. The summed E-state index contributed by atoms with van der Waals surface area (Å²) in [5.41, 5.74) is 4.39. The van der Waals surface area contributed by atoms with Crippen LogP contribution in [0.1, 0.15) is 181 Å². The summed E-state index contributed by atoms with van der Waals surface area (Å²) >= 11 is 0. The zero-order valence-corrected chi connectivity index (χ0v) is 60.3. The predicted octanol–water partition coefficient (Wildman–Crippen LogP) is 7.58. The second kappa shape index (κ2) is 29.4. The molecule has 23 heteroatoms. The highest BCUT2D eigenvalue weighted by Gasteiger charge is 2.71. The Morgan fingerprint density at radius 3 is 1.29 bits per heavy atom. The molecular formula is C79H114O23. The lowest BCUT2D eigenvalue weighted by molar-refractivity contribution is -0.292. The molecule has 3 N–H and O–H groups in total. The summed E-state index contributed by atoms with van der Waals surface area (Å²) in [6.07, 6.45) is 10.3. The molecule has 0 radical (unpaired) electrons. The Morgan fingerprint density at radius 1 is 0.422 bits per heavy atom. The van der Waals surface area contributed by atoms with Crippen LogP contribution in [0.2, 0.25) is 0 Å². The Hall–Kier alpha value is -2.54. The highest BCUT2D eigenvalue weighted by atomic mass is 16.8. The third kappa shape index (κ3) is 13.8. The van der Waals surface area contributed by atoms with E-state index in [0.717, 1.165) is 106 Å². The van der Waals surface area contributed by atoms with Crippen LogP contribution in [0.3, 0.4) is 0 Å². The molecule has 0 aromatic carbocycles. The van der Waals surface area contributed by atoms with E-state index in [2.05, 4.69) is 40.2 Å². The summed E-state index contributed by atoms with van der Waals surface area (Å²) in [6, 6.07) is 0. The van der Waals surface area contributed by atoms with Gasteiger partial charge in [-0.1, -0.05) is 40.2 Å². The first-order chi connectivity index (χ1) is 49.3. The van der Waals surface area contributed by atoms with Gasteiger partial charge in [0.25, 0.3) is 0 Å². The van der Waals surface area contributed by atoms with Gasteiger partial charge in [0.15, 0.2) is 11.6 Å². The Morgan fingerprint density at radius 2 is 0.833 bits per heavy atom. The molecule has 0 saturated carbocycles. The number of Topliss-reactive ketones (excluding diaryl/α,β-unsaturated/α-hetero) is 2. The Balaban J connectivity index is 0.000000152. The summed E-state index contributed by atoms with van der Waals surface area (Å²) in [7, 11) is 3.30. The third-order valence-corrected chi connectivity index (χ3v) is 27.5. The molecule has 20 aliphatic rings. The van der Waals surface area contributed by atoms with Crippen LogP contribution in [-0.2, 0) is 94.9 Å². The summed E-state index contributed by atoms with van der Waals surface area (Å²) in [4.78, 5) is 28.0. The second-order valence-corrected chi connectivity index (χ2v) is 34.2. The van der Waals surface area contributed by atoms with Crippen molar-refractivity contribution in [2.45, 2.75) is 382 Å². The van der Waals surface area contributed by atoms with Crippen LogP contribution >= 0.6 is 0 Å². The average Bonchev–Trinajstić information content (AvgIpc) is 1.55. The van der Waals surface area contributed by atoms with Gasteiger partial charge in [-0.25, -0.2) is 0 Å². The molecule has 20 saturated heterocycles. The molecular weight excluding hydrogens is 1320 g/mol. The second-order valence-electron chi connectivity index (χ2n) is 34.2. The van der Waals surface area contributed by atoms with E-state index in [-0.39, 0.29) is 233 Å². The summed E-state index contributed by atoms with van der Waals surface area (Å²) < 4.78 is 120. The molecule has 0 amide bonds. The van der Waals surface area contributed by atoms with Gasteiger partial charge >= 0.3 is 0 Å². The van der Waals surface area contributed by atoms with E-state index < -0.39 is 29.9 Å². The van der Waals surface area contributed by atoms with Crippen LogP contribution in [0.25, 0.3) is 0 Å². The minimum Gasteiger partial charge on any atom is -0.396 e. The van der Waals surface area contributed by atoms with Gasteiger partial charge in [0.05, 0.1) is 135 Å². The van der Waals surface area contributed by atoms with E-state index in [9.17, 15) is 24.9 Å². The van der Waals surface area contributed by atoms with Crippen molar-refractivity contribution in [2.24, 2.45) is 23.7 Å². The van der Waals surface area contributed by atoms with E-state index in [1.807, 2.05) is 0 Å². The molecule has 0 aromatic rings. The number of aliphatic hydroxyl groups excluding tert-OH is 3. The van der Waals surface area contributed by atoms with Gasteiger partial charge in [0.1, 0.15) is 72.6 Å². The first-order valence-corrected chi connectivity index (χ1v) is 39.6. The van der Waals surface area contributed by atoms with Crippen molar-refractivity contribution in [3.63, 3.8) is 0 Å². The highest BCUT2D eigenvalue weighted by molar-refractivity contribution is 5.80. The Bertz CT molecular complexity index is 3090. The molecule has 568 valence electrons. The molecule has 20 heterocycles. The van der Waals surface area contributed by atoms with Gasteiger partial charge in [0, 0.05) is 103 Å². The lowest BCUT2D eigenvalue weighted by atomic mass is 9.81. The third-order valence-electron chi connectivity index (χ3n) is 27.5. The van der Waals surface area contributed by atoms with Gasteiger partial charge in [-0.05, 0) is 130 Å². The number of ether oxygens (including phenoxy) is 18. The number of fused-ring (bicyclic) bond motifs is 12. The molecule has 20 aliphatic heterocycles. The fraction of sp³-hybridized carbons (Fsp3) is 0.873. The minimum atomic E-state index is -0.951. The SMILES string of the molecule is C=C1CC2CCC34CC5OC6C(OC7CCC(CC(=O)CC8C(CC9OC(CCC1O2)CC(C)C9=C)OC(CC(O)CO)C8OC)OC7C6O3)C5O4.C=C1CC2CCC34CC5OC6C(OC7CCC(CC(=O)CC8C(CC9OC(CCC1O2)CC(C)C9=C)OC(CCO)C8OC)OC7C6O3)C5O4. The number of hydrogen-bond acceptors (Lipinski definition) is 23. The van der Waals surface area contributed by atoms with Gasteiger partial charge in [0.2, 0.25) is 0 Å². The van der Waals surface area contributed by atoms with Crippen LogP contribution in [0, 0.1) is 23.7 Å². The number of hydrogen-bond donors (Lipinski definition) is 3. The normalized spacial score (nSPS) is 52.9. The van der Waals surface area contributed by atoms with E-state index in [1.54, 1.807) is 14.2 Å². The van der Waals surface area contributed by atoms with Gasteiger partial charge in [-0.2, -0.15) is 0 Å². The molecule has 0 aromatic heterocycles. The molecule has 20 rings (SSSR count). The molecule has 102 heavy (non-hydrogen) atoms. The van der Waals surface area contributed by atoms with E-state index in [1.165, 1.54) is 0 Å². The van der Waals surface area contributed by atoms with Crippen LogP contribution in [0.4, 0.5) is 0 Å². The quantitative estimate of drug-likeness (QED) is 0.207. The predicted molar refractivity (Wildman–Crippen MR) is 363 cm³/mol. The highest BCUT2D eigenvalue weighted by Crippen LogP contribution is 2.57. The van der Waals surface area contributed by atoms with Crippen LogP contribution in [-0.4, -0.2) is 255 Å². The van der Waals surface area contributed by atoms with Gasteiger partial charge < -0.3 is 101 Å². The van der Waals surface area contributed by atoms with Crippen molar-refractivity contribution in [2.75, 3.05) is 27.4 Å². The summed E-state index contributed by atoms with van der Waals surface area (Å²) in [5.74, 6) is -1.22. The van der Waals surface area contributed by atoms with Gasteiger partial charge in [-0.15, -0.1) is 0 Å². The summed E-state index contributed by atoms with van der Waals surface area (Å²) in [6.45, 7) is 21.8.